The van der Waals surface area contributed by atoms with Gasteiger partial charge in [-0.2, -0.15) is 0 Å². The van der Waals surface area contributed by atoms with Crippen molar-refractivity contribution in [3.05, 3.63) is 71.4 Å². The lowest BCUT2D eigenvalue weighted by Crippen LogP contribution is -2.45. The number of aromatic amines is 1. The number of anilines is 1. The smallest absolute Gasteiger partial charge is 0.195 e. The van der Waals surface area contributed by atoms with Crippen LogP contribution in [0.1, 0.15) is 48.4 Å². The van der Waals surface area contributed by atoms with Crippen molar-refractivity contribution in [3.8, 4) is 17.4 Å². The molecule has 0 unspecified atom stereocenters. The predicted molar refractivity (Wildman–Crippen MR) is 116 cm³/mol. The quantitative estimate of drug-likeness (QED) is 0.443. The molecule has 1 aliphatic heterocycles. The minimum absolute atomic E-state index is 0.123. The molecule has 2 aromatic carbocycles. The molecule has 1 aliphatic carbocycles. The van der Waals surface area contributed by atoms with Gasteiger partial charge in [0.1, 0.15) is 18.1 Å². The highest BCUT2D eigenvalue weighted by atomic mass is 16.5. The maximum absolute atomic E-state index is 10.9. The zero-order valence-corrected chi connectivity index (χ0v) is 16.8. The summed E-state index contributed by atoms with van der Waals surface area (Å²) < 4.78 is 5.86. The number of phenolic OH excluding ortho intramolecular Hbond substituents is 1. The molecule has 0 bridgehead atoms. The summed E-state index contributed by atoms with van der Waals surface area (Å²) in [4.78, 5) is 2.92. The summed E-state index contributed by atoms with van der Waals surface area (Å²) in [6.45, 7) is 0.442. The summed E-state index contributed by atoms with van der Waals surface area (Å²) in [7, 11) is 0. The van der Waals surface area contributed by atoms with Gasteiger partial charge in [0.2, 0.25) is 0 Å². The van der Waals surface area contributed by atoms with Gasteiger partial charge < -0.3 is 30.6 Å². The first-order valence-electron chi connectivity index (χ1n) is 10.6. The van der Waals surface area contributed by atoms with Gasteiger partial charge in [-0.15, -0.1) is 0 Å². The Bertz CT molecular complexity index is 1020. The fourth-order valence-corrected chi connectivity index (χ4v) is 4.68. The monoisotopic (exact) mass is 405 g/mol. The van der Waals surface area contributed by atoms with E-state index in [1.807, 2.05) is 48.7 Å². The average Bonchev–Trinajstić information content (AvgIpc) is 3.03. The maximum atomic E-state index is 10.9. The van der Waals surface area contributed by atoms with E-state index in [9.17, 15) is 10.2 Å². The Labute approximate surface area is 175 Å². The van der Waals surface area contributed by atoms with E-state index >= 15 is 0 Å². The molecule has 2 heterocycles. The van der Waals surface area contributed by atoms with Gasteiger partial charge in [-0.25, -0.2) is 0 Å². The largest absolute Gasteiger partial charge is 0.507 e. The fourth-order valence-electron chi connectivity index (χ4n) is 4.68. The number of hydrogen-bond donors (Lipinski definition) is 5. The number of benzene rings is 2. The van der Waals surface area contributed by atoms with Crippen LogP contribution in [0.2, 0.25) is 0 Å². The third-order valence-corrected chi connectivity index (χ3v) is 6.24. The number of fused-ring (bicyclic) bond motifs is 2. The standard InChI is InChI=1S/C24H27N3O3/c28-21-12-16(30-14-15-6-2-1-3-7-15)10-11-17(21)23-22-20(13-25-24(22)29)26-18-8-4-5-9-19(18)27-23/h1-3,6-7,10-13,18-19,23,25-29H,4-5,8-9,14H2/t18-,19-,23-/m1/s1. The normalized spacial score (nSPS) is 23.0. The molecule has 1 aromatic heterocycles. The minimum atomic E-state index is -0.310. The van der Waals surface area contributed by atoms with E-state index in [4.69, 9.17) is 4.74 Å². The van der Waals surface area contributed by atoms with Crippen LogP contribution in [0.5, 0.6) is 17.4 Å². The minimum Gasteiger partial charge on any atom is -0.507 e. The summed E-state index contributed by atoms with van der Waals surface area (Å²) in [5.74, 6) is 0.886. The van der Waals surface area contributed by atoms with Crippen LogP contribution < -0.4 is 15.4 Å². The Morgan fingerprint density at radius 2 is 1.77 bits per heavy atom. The Balaban J connectivity index is 1.42. The van der Waals surface area contributed by atoms with Crippen molar-refractivity contribution in [1.82, 2.24) is 10.3 Å². The van der Waals surface area contributed by atoms with Crippen molar-refractivity contribution in [2.75, 3.05) is 5.32 Å². The van der Waals surface area contributed by atoms with E-state index in [-0.39, 0.29) is 23.7 Å². The molecule has 3 aromatic rings. The van der Waals surface area contributed by atoms with Gasteiger partial charge in [0.05, 0.1) is 17.3 Å². The van der Waals surface area contributed by atoms with Crippen LogP contribution in [0.25, 0.3) is 0 Å². The molecular weight excluding hydrogens is 378 g/mol. The van der Waals surface area contributed by atoms with Crippen molar-refractivity contribution in [3.63, 3.8) is 0 Å². The second kappa shape index (κ2) is 7.95. The van der Waals surface area contributed by atoms with Gasteiger partial charge in [-0.05, 0) is 30.5 Å². The second-order valence-corrected chi connectivity index (χ2v) is 8.20. The van der Waals surface area contributed by atoms with Gasteiger partial charge in [0, 0.05) is 29.9 Å². The molecule has 0 radical (unpaired) electrons. The van der Waals surface area contributed by atoms with Crippen LogP contribution >= 0.6 is 0 Å². The van der Waals surface area contributed by atoms with E-state index in [0.717, 1.165) is 35.2 Å². The van der Waals surface area contributed by atoms with Crippen LogP contribution in [0.3, 0.4) is 0 Å². The van der Waals surface area contributed by atoms with Gasteiger partial charge in [-0.1, -0.05) is 43.2 Å². The predicted octanol–water partition coefficient (Wildman–Crippen LogP) is 4.42. The summed E-state index contributed by atoms with van der Waals surface area (Å²) in [6.07, 6.45) is 6.36. The average molecular weight is 405 g/mol. The zero-order chi connectivity index (χ0) is 20.5. The van der Waals surface area contributed by atoms with Crippen LogP contribution in [0, 0.1) is 0 Å². The number of phenols is 1. The van der Waals surface area contributed by atoms with Crippen molar-refractivity contribution < 1.29 is 14.9 Å². The molecule has 1 fully saturated rings. The van der Waals surface area contributed by atoms with Crippen LogP contribution in [0.15, 0.2) is 54.7 Å². The summed E-state index contributed by atoms with van der Waals surface area (Å²) in [5, 5.41) is 28.6. The molecule has 0 amide bonds. The second-order valence-electron chi connectivity index (χ2n) is 8.20. The molecule has 30 heavy (non-hydrogen) atoms. The van der Waals surface area contributed by atoms with Gasteiger partial charge in [0.25, 0.3) is 0 Å². The number of H-pyrrole nitrogens is 1. The molecule has 6 nitrogen and oxygen atoms in total. The van der Waals surface area contributed by atoms with Crippen molar-refractivity contribution in [2.24, 2.45) is 0 Å². The summed E-state index contributed by atoms with van der Waals surface area (Å²) >= 11 is 0. The van der Waals surface area contributed by atoms with E-state index in [1.165, 1.54) is 12.8 Å². The van der Waals surface area contributed by atoms with Crippen LogP contribution in [-0.2, 0) is 6.61 Å². The number of ether oxygens (including phenoxy) is 1. The Hall–Kier alpha value is -3.12. The summed E-state index contributed by atoms with van der Waals surface area (Å²) in [5.41, 5.74) is 3.44. The van der Waals surface area contributed by atoms with E-state index in [2.05, 4.69) is 15.6 Å². The molecule has 156 valence electrons. The third kappa shape index (κ3) is 3.59. The van der Waals surface area contributed by atoms with Crippen molar-refractivity contribution >= 4 is 5.69 Å². The van der Waals surface area contributed by atoms with Crippen LogP contribution in [-0.4, -0.2) is 27.3 Å². The molecule has 1 saturated carbocycles. The first kappa shape index (κ1) is 18.9. The lowest BCUT2D eigenvalue weighted by atomic mass is 9.89. The topological polar surface area (TPSA) is 89.5 Å². The van der Waals surface area contributed by atoms with E-state index in [1.54, 1.807) is 6.07 Å². The molecule has 0 saturated heterocycles. The molecular formula is C24H27N3O3. The Morgan fingerprint density at radius 3 is 2.57 bits per heavy atom. The fraction of sp³-hybridized carbons (Fsp3) is 0.333. The summed E-state index contributed by atoms with van der Waals surface area (Å²) in [6, 6.07) is 15.6. The maximum Gasteiger partial charge on any atom is 0.195 e. The number of nitrogens with one attached hydrogen (secondary N) is 3. The molecule has 5 N–H and O–H groups in total. The van der Waals surface area contributed by atoms with Crippen molar-refractivity contribution in [1.29, 1.82) is 0 Å². The van der Waals surface area contributed by atoms with Gasteiger partial charge in [-0.3, -0.25) is 0 Å². The van der Waals surface area contributed by atoms with Gasteiger partial charge >= 0.3 is 0 Å². The lowest BCUT2D eigenvalue weighted by molar-refractivity contribution is 0.303. The number of rotatable bonds is 4. The Kier molecular flexibility index (Phi) is 5.01. The highest BCUT2D eigenvalue weighted by molar-refractivity contribution is 5.62. The van der Waals surface area contributed by atoms with Crippen molar-refractivity contribution in [2.45, 2.75) is 50.4 Å². The van der Waals surface area contributed by atoms with Gasteiger partial charge in [0.15, 0.2) is 5.88 Å². The van der Waals surface area contributed by atoms with Crippen LogP contribution in [0.4, 0.5) is 5.69 Å². The molecule has 2 aliphatic rings. The third-order valence-electron chi connectivity index (χ3n) is 6.24. The molecule has 0 spiro atoms. The number of aromatic nitrogens is 1. The molecule has 6 heteroatoms. The highest BCUT2D eigenvalue weighted by Crippen LogP contribution is 2.43. The SMILES string of the molecule is Oc1cc(OCc2ccccc2)ccc1[C@H]1N[C@@H]2CCCC[C@H]2Nc2c[nH]c(O)c21. The first-order valence-corrected chi connectivity index (χ1v) is 10.6. The molecule has 5 rings (SSSR count). The van der Waals surface area contributed by atoms with E-state index < -0.39 is 0 Å². The first-order chi connectivity index (χ1) is 14.7. The lowest BCUT2D eigenvalue weighted by Gasteiger charge is -2.33. The number of aromatic hydroxyl groups is 2. The number of hydrogen-bond acceptors (Lipinski definition) is 5. The van der Waals surface area contributed by atoms with E-state index in [0.29, 0.717) is 18.4 Å². The molecule has 3 atom stereocenters. The zero-order valence-electron chi connectivity index (χ0n) is 16.8. The highest BCUT2D eigenvalue weighted by Gasteiger charge is 2.36. The Morgan fingerprint density at radius 1 is 0.967 bits per heavy atom.